The molecule has 0 heterocycles. The number of nitrogens with zero attached hydrogens (tertiary/aromatic N) is 1. The van der Waals surface area contributed by atoms with Gasteiger partial charge >= 0.3 is 0 Å². The minimum Gasteiger partial charge on any atom is -0.302 e. The molecule has 0 aliphatic rings. The summed E-state index contributed by atoms with van der Waals surface area (Å²) in [5.74, 6) is 0.599. The molecule has 0 radical (unpaired) electrons. The fourth-order valence-electron chi connectivity index (χ4n) is 1.52. The quantitative estimate of drug-likeness (QED) is 0.626. The van der Waals surface area contributed by atoms with Crippen molar-refractivity contribution in [2.75, 3.05) is 6.54 Å². The van der Waals surface area contributed by atoms with Crippen LogP contribution in [0.25, 0.3) is 0 Å². The zero-order chi connectivity index (χ0) is 10.6. The van der Waals surface area contributed by atoms with Gasteiger partial charge in [0.1, 0.15) is 6.29 Å². The Labute approximate surface area is 82.3 Å². The predicted octanol–water partition coefficient (Wildman–Crippen LogP) is 2.33. The average molecular weight is 185 g/mol. The van der Waals surface area contributed by atoms with Crippen molar-refractivity contribution in [3.8, 4) is 0 Å². The molecule has 0 amide bonds. The van der Waals surface area contributed by atoms with Crippen LogP contribution in [0.15, 0.2) is 0 Å². The van der Waals surface area contributed by atoms with Gasteiger partial charge in [0.05, 0.1) is 6.04 Å². The zero-order valence-electron chi connectivity index (χ0n) is 9.79. The number of carbonyl (C=O) groups excluding carboxylic acids is 1. The van der Waals surface area contributed by atoms with Gasteiger partial charge in [0.15, 0.2) is 0 Å². The van der Waals surface area contributed by atoms with Gasteiger partial charge in [-0.1, -0.05) is 13.8 Å². The standard InChI is InChI=1S/C11H23NO/c1-9(2)7-12(10(3)8-13)11(4,5)6/h8-10H,7H2,1-6H3. The van der Waals surface area contributed by atoms with Crippen LogP contribution in [0.4, 0.5) is 0 Å². The van der Waals surface area contributed by atoms with E-state index in [1.165, 1.54) is 0 Å². The lowest BCUT2D eigenvalue weighted by molar-refractivity contribution is -0.114. The molecule has 0 aromatic heterocycles. The van der Waals surface area contributed by atoms with Gasteiger partial charge in [-0.3, -0.25) is 4.90 Å². The van der Waals surface area contributed by atoms with Crippen molar-refractivity contribution in [1.29, 1.82) is 0 Å². The molecule has 0 rings (SSSR count). The van der Waals surface area contributed by atoms with Gasteiger partial charge in [-0.05, 0) is 33.6 Å². The van der Waals surface area contributed by atoms with Crippen LogP contribution in [0, 0.1) is 5.92 Å². The van der Waals surface area contributed by atoms with E-state index in [1.54, 1.807) is 0 Å². The molecule has 0 aromatic rings. The molecule has 1 atom stereocenters. The molecule has 0 aliphatic carbocycles. The summed E-state index contributed by atoms with van der Waals surface area (Å²) < 4.78 is 0. The van der Waals surface area contributed by atoms with Gasteiger partial charge in [-0.2, -0.15) is 0 Å². The van der Waals surface area contributed by atoms with Crippen molar-refractivity contribution in [3.63, 3.8) is 0 Å². The lowest BCUT2D eigenvalue weighted by atomic mass is 10.0. The smallest absolute Gasteiger partial charge is 0.136 e. The molecule has 2 nitrogen and oxygen atoms in total. The maximum Gasteiger partial charge on any atom is 0.136 e. The van der Waals surface area contributed by atoms with E-state index in [-0.39, 0.29) is 11.6 Å². The van der Waals surface area contributed by atoms with E-state index in [4.69, 9.17) is 0 Å². The second-order valence-electron chi connectivity index (χ2n) is 5.09. The fourth-order valence-corrected chi connectivity index (χ4v) is 1.52. The van der Waals surface area contributed by atoms with Crippen LogP contribution >= 0.6 is 0 Å². The van der Waals surface area contributed by atoms with Crippen molar-refractivity contribution in [3.05, 3.63) is 0 Å². The van der Waals surface area contributed by atoms with E-state index in [9.17, 15) is 4.79 Å². The van der Waals surface area contributed by atoms with Crippen LogP contribution in [0.3, 0.4) is 0 Å². The SMILES string of the molecule is CC(C)CN(C(C)C=O)C(C)(C)C. The van der Waals surface area contributed by atoms with Crippen molar-refractivity contribution in [2.45, 2.75) is 53.1 Å². The Balaban J connectivity index is 4.46. The van der Waals surface area contributed by atoms with Crippen molar-refractivity contribution in [2.24, 2.45) is 5.92 Å². The van der Waals surface area contributed by atoms with Gasteiger partial charge in [-0.15, -0.1) is 0 Å². The molecule has 0 saturated heterocycles. The normalized spacial score (nSPS) is 15.1. The van der Waals surface area contributed by atoms with E-state index in [2.05, 4.69) is 39.5 Å². The molecular weight excluding hydrogens is 162 g/mol. The highest BCUT2D eigenvalue weighted by Gasteiger charge is 2.26. The number of aldehydes is 1. The lowest BCUT2D eigenvalue weighted by Crippen LogP contribution is -2.49. The molecule has 1 unspecified atom stereocenters. The number of rotatable bonds is 4. The van der Waals surface area contributed by atoms with Gasteiger partial charge < -0.3 is 4.79 Å². The van der Waals surface area contributed by atoms with E-state index < -0.39 is 0 Å². The highest BCUT2D eigenvalue weighted by molar-refractivity contribution is 5.56. The Morgan fingerprint density at radius 1 is 1.23 bits per heavy atom. The average Bonchev–Trinajstić information content (AvgIpc) is 1.96. The van der Waals surface area contributed by atoms with E-state index in [1.807, 2.05) is 6.92 Å². The Morgan fingerprint density at radius 3 is 1.92 bits per heavy atom. The summed E-state index contributed by atoms with van der Waals surface area (Å²) in [7, 11) is 0. The minimum atomic E-state index is 0.0161. The van der Waals surface area contributed by atoms with Crippen LogP contribution < -0.4 is 0 Å². The Bertz CT molecular complexity index is 158. The van der Waals surface area contributed by atoms with Crippen LogP contribution in [-0.4, -0.2) is 29.3 Å². The molecular formula is C11H23NO. The highest BCUT2D eigenvalue weighted by atomic mass is 16.1. The molecule has 13 heavy (non-hydrogen) atoms. The van der Waals surface area contributed by atoms with Gasteiger partial charge in [0.2, 0.25) is 0 Å². The molecule has 0 bridgehead atoms. The first-order valence-electron chi connectivity index (χ1n) is 5.01. The van der Waals surface area contributed by atoms with Crippen LogP contribution in [0.5, 0.6) is 0 Å². The Morgan fingerprint density at radius 2 is 1.69 bits per heavy atom. The summed E-state index contributed by atoms with van der Waals surface area (Å²) in [5.41, 5.74) is 0.0740. The first kappa shape index (κ1) is 12.6. The maximum atomic E-state index is 10.7. The molecule has 0 fully saturated rings. The van der Waals surface area contributed by atoms with E-state index >= 15 is 0 Å². The summed E-state index contributed by atoms with van der Waals surface area (Å²) in [6, 6.07) is 0.0161. The summed E-state index contributed by atoms with van der Waals surface area (Å²) in [6.07, 6.45) is 1.02. The molecule has 0 aromatic carbocycles. The van der Waals surface area contributed by atoms with Crippen molar-refractivity contribution in [1.82, 2.24) is 4.90 Å². The predicted molar refractivity (Wildman–Crippen MR) is 56.8 cm³/mol. The highest BCUT2D eigenvalue weighted by Crippen LogP contribution is 2.17. The Hall–Kier alpha value is -0.370. The second-order valence-corrected chi connectivity index (χ2v) is 5.09. The third kappa shape index (κ3) is 4.41. The molecule has 0 saturated carbocycles. The van der Waals surface area contributed by atoms with Gasteiger partial charge in [-0.25, -0.2) is 0 Å². The largest absolute Gasteiger partial charge is 0.302 e. The van der Waals surface area contributed by atoms with E-state index in [0.29, 0.717) is 5.92 Å². The summed E-state index contributed by atoms with van der Waals surface area (Å²) in [5, 5.41) is 0. The monoisotopic (exact) mass is 185 g/mol. The molecule has 0 aliphatic heterocycles. The maximum absolute atomic E-state index is 10.7. The fraction of sp³-hybridized carbons (Fsp3) is 0.909. The van der Waals surface area contributed by atoms with Crippen LogP contribution in [-0.2, 0) is 4.79 Å². The van der Waals surface area contributed by atoms with Gasteiger partial charge in [0.25, 0.3) is 0 Å². The van der Waals surface area contributed by atoms with Crippen molar-refractivity contribution >= 4 is 6.29 Å². The van der Waals surface area contributed by atoms with Gasteiger partial charge in [0, 0.05) is 12.1 Å². The minimum absolute atomic E-state index is 0.0161. The summed E-state index contributed by atoms with van der Waals surface area (Å²) in [4.78, 5) is 13.0. The third-order valence-corrected chi connectivity index (χ3v) is 2.11. The summed E-state index contributed by atoms with van der Waals surface area (Å²) >= 11 is 0. The first-order chi connectivity index (χ1) is 5.79. The number of carbonyl (C=O) groups is 1. The van der Waals surface area contributed by atoms with E-state index in [0.717, 1.165) is 12.8 Å². The molecule has 0 N–H and O–H groups in total. The second kappa shape index (κ2) is 4.75. The molecule has 2 heteroatoms. The Kier molecular flexibility index (Phi) is 4.62. The van der Waals surface area contributed by atoms with Crippen molar-refractivity contribution < 1.29 is 4.79 Å². The third-order valence-electron chi connectivity index (χ3n) is 2.11. The molecule has 0 spiro atoms. The molecule has 78 valence electrons. The lowest BCUT2D eigenvalue weighted by Gasteiger charge is -2.39. The topological polar surface area (TPSA) is 20.3 Å². The number of hydrogen-bond acceptors (Lipinski definition) is 2. The zero-order valence-corrected chi connectivity index (χ0v) is 9.79. The van der Waals surface area contributed by atoms with Crippen LogP contribution in [0.2, 0.25) is 0 Å². The van der Waals surface area contributed by atoms with Crippen LogP contribution in [0.1, 0.15) is 41.5 Å². The summed E-state index contributed by atoms with van der Waals surface area (Å²) in [6.45, 7) is 13.7. The number of hydrogen-bond donors (Lipinski definition) is 0. The first-order valence-corrected chi connectivity index (χ1v) is 5.01.